The van der Waals surface area contributed by atoms with Gasteiger partial charge in [-0.1, -0.05) is 12.1 Å². The largest absolute Gasteiger partial charge is 0.423 e. The lowest BCUT2D eigenvalue weighted by Gasteiger charge is -2.25. The van der Waals surface area contributed by atoms with Crippen LogP contribution in [0.1, 0.15) is 35.2 Å². The van der Waals surface area contributed by atoms with Crippen LogP contribution in [0.25, 0.3) is 11.0 Å². The van der Waals surface area contributed by atoms with Crippen molar-refractivity contribution in [3.8, 4) is 0 Å². The fourth-order valence-electron chi connectivity index (χ4n) is 3.02. The molecule has 25 heavy (non-hydrogen) atoms. The standard InChI is InChI=1S/C21H22FNO2/c1-13-9-19-17(11-21(24)25-20(19)10-14(13)2)12-23(4)15(3)16-5-7-18(22)8-6-16/h5-11,15H,12H2,1-4H3. The number of benzene rings is 2. The Morgan fingerprint density at radius 1 is 1.08 bits per heavy atom. The molecule has 0 amide bonds. The first-order valence-electron chi connectivity index (χ1n) is 8.35. The van der Waals surface area contributed by atoms with Gasteiger partial charge in [-0.15, -0.1) is 0 Å². The van der Waals surface area contributed by atoms with Gasteiger partial charge in [0.15, 0.2) is 0 Å². The van der Waals surface area contributed by atoms with Crippen molar-refractivity contribution in [3.63, 3.8) is 0 Å². The number of aryl methyl sites for hydroxylation is 2. The topological polar surface area (TPSA) is 33.5 Å². The SMILES string of the molecule is Cc1cc2oc(=O)cc(CN(C)C(C)c3ccc(F)cc3)c2cc1C. The van der Waals surface area contributed by atoms with Crippen molar-refractivity contribution in [2.45, 2.75) is 33.4 Å². The third-order valence-corrected chi connectivity index (χ3v) is 4.88. The van der Waals surface area contributed by atoms with Crippen molar-refractivity contribution >= 4 is 11.0 Å². The molecule has 3 aromatic rings. The van der Waals surface area contributed by atoms with E-state index in [1.54, 1.807) is 18.2 Å². The second-order valence-corrected chi connectivity index (χ2v) is 6.67. The number of fused-ring (bicyclic) bond motifs is 1. The highest BCUT2D eigenvalue weighted by Crippen LogP contribution is 2.25. The molecule has 3 nitrogen and oxygen atoms in total. The summed E-state index contributed by atoms with van der Waals surface area (Å²) in [6, 6.07) is 12.2. The molecule has 0 bridgehead atoms. The Balaban J connectivity index is 1.95. The number of nitrogens with zero attached hydrogens (tertiary/aromatic N) is 1. The summed E-state index contributed by atoms with van der Waals surface area (Å²) in [4.78, 5) is 14.1. The Labute approximate surface area is 146 Å². The highest BCUT2D eigenvalue weighted by molar-refractivity contribution is 5.81. The van der Waals surface area contributed by atoms with Crippen molar-refractivity contribution < 1.29 is 8.81 Å². The molecule has 0 fully saturated rings. The average molecular weight is 339 g/mol. The van der Waals surface area contributed by atoms with E-state index in [1.807, 2.05) is 20.0 Å². The Morgan fingerprint density at radius 3 is 2.40 bits per heavy atom. The van der Waals surface area contributed by atoms with E-state index in [4.69, 9.17) is 4.42 Å². The number of hydrogen-bond acceptors (Lipinski definition) is 3. The van der Waals surface area contributed by atoms with Gasteiger partial charge in [0.25, 0.3) is 0 Å². The van der Waals surface area contributed by atoms with Crippen molar-refractivity contribution in [2.24, 2.45) is 0 Å². The minimum absolute atomic E-state index is 0.0921. The van der Waals surface area contributed by atoms with Gasteiger partial charge in [-0.3, -0.25) is 4.90 Å². The van der Waals surface area contributed by atoms with Crippen molar-refractivity contribution in [1.29, 1.82) is 0 Å². The third kappa shape index (κ3) is 3.64. The molecule has 0 aliphatic heterocycles. The summed E-state index contributed by atoms with van der Waals surface area (Å²) >= 11 is 0. The van der Waals surface area contributed by atoms with Crippen LogP contribution < -0.4 is 5.63 Å². The summed E-state index contributed by atoms with van der Waals surface area (Å²) in [5.74, 6) is -0.240. The van der Waals surface area contributed by atoms with Crippen LogP contribution in [0.3, 0.4) is 0 Å². The van der Waals surface area contributed by atoms with Gasteiger partial charge in [-0.25, -0.2) is 9.18 Å². The second-order valence-electron chi connectivity index (χ2n) is 6.67. The number of halogens is 1. The molecule has 2 aromatic carbocycles. The maximum absolute atomic E-state index is 13.1. The minimum atomic E-state index is -0.339. The monoisotopic (exact) mass is 339 g/mol. The van der Waals surface area contributed by atoms with Crippen LogP contribution in [0.2, 0.25) is 0 Å². The quantitative estimate of drug-likeness (QED) is 0.644. The lowest BCUT2D eigenvalue weighted by Crippen LogP contribution is -2.22. The smallest absolute Gasteiger partial charge is 0.336 e. The van der Waals surface area contributed by atoms with E-state index < -0.39 is 0 Å². The van der Waals surface area contributed by atoms with E-state index in [1.165, 1.54) is 12.1 Å². The molecule has 3 rings (SSSR count). The number of rotatable bonds is 4. The predicted octanol–water partition coefficient (Wildman–Crippen LogP) is 4.74. The molecule has 130 valence electrons. The molecule has 0 aliphatic rings. The first-order chi connectivity index (χ1) is 11.8. The van der Waals surface area contributed by atoms with E-state index in [2.05, 4.69) is 24.8 Å². The van der Waals surface area contributed by atoms with E-state index in [0.29, 0.717) is 12.1 Å². The normalized spacial score (nSPS) is 12.7. The van der Waals surface area contributed by atoms with Crippen LogP contribution in [0.5, 0.6) is 0 Å². The third-order valence-electron chi connectivity index (χ3n) is 4.88. The van der Waals surface area contributed by atoms with Gasteiger partial charge < -0.3 is 4.42 Å². The summed E-state index contributed by atoms with van der Waals surface area (Å²) in [6.45, 7) is 6.72. The second kappa shape index (κ2) is 6.81. The Hall–Kier alpha value is -2.46. The van der Waals surface area contributed by atoms with E-state index in [-0.39, 0.29) is 17.5 Å². The first-order valence-corrected chi connectivity index (χ1v) is 8.35. The van der Waals surface area contributed by atoms with Gasteiger partial charge in [0.2, 0.25) is 0 Å². The van der Waals surface area contributed by atoms with Crippen molar-refractivity contribution in [2.75, 3.05) is 7.05 Å². The molecule has 1 unspecified atom stereocenters. The van der Waals surface area contributed by atoms with E-state index in [0.717, 1.165) is 27.6 Å². The number of hydrogen-bond donors (Lipinski definition) is 0. The molecule has 0 N–H and O–H groups in total. The van der Waals surface area contributed by atoms with Gasteiger partial charge in [0.05, 0.1) is 0 Å². The molecule has 0 aliphatic carbocycles. The molecule has 1 heterocycles. The maximum Gasteiger partial charge on any atom is 0.336 e. The van der Waals surface area contributed by atoms with E-state index >= 15 is 0 Å². The molecule has 0 saturated heterocycles. The van der Waals surface area contributed by atoms with Crippen molar-refractivity contribution in [1.82, 2.24) is 4.90 Å². The molecular weight excluding hydrogens is 317 g/mol. The summed E-state index contributed by atoms with van der Waals surface area (Å²) < 4.78 is 18.5. The molecule has 0 saturated carbocycles. The van der Waals surface area contributed by atoms with Gasteiger partial charge in [-0.05, 0) is 74.3 Å². The van der Waals surface area contributed by atoms with Crippen LogP contribution in [0, 0.1) is 19.7 Å². The summed E-state index contributed by atoms with van der Waals surface area (Å²) in [7, 11) is 2.00. The molecule has 4 heteroatoms. The summed E-state index contributed by atoms with van der Waals surface area (Å²) in [6.07, 6.45) is 0. The fraction of sp³-hybridized carbons (Fsp3) is 0.286. The van der Waals surface area contributed by atoms with Crippen LogP contribution in [-0.2, 0) is 6.54 Å². The predicted molar refractivity (Wildman–Crippen MR) is 98.2 cm³/mol. The summed E-state index contributed by atoms with van der Waals surface area (Å²) in [5.41, 5.74) is 4.51. The summed E-state index contributed by atoms with van der Waals surface area (Å²) in [5, 5.41) is 0.959. The zero-order valence-electron chi connectivity index (χ0n) is 15.0. The average Bonchev–Trinajstić information content (AvgIpc) is 2.56. The van der Waals surface area contributed by atoms with Crippen LogP contribution in [0.4, 0.5) is 4.39 Å². The lowest BCUT2D eigenvalue weighted by atomic mass is 10.0. The van der Waals surface area contributed by atoms with Crippen LogP contribution in [-0.4, -0.2) is 11.9 Å². The molecular formula is C21H22FNO2. The highest BCUT2D eigenvalue weighted by atomic mass is 19.1. The molecule has 1 aromatic heterocycles. The minimum Gasteiger partial charge on any atom is -0.423 e. The lowest BCUT2D eigenvalue weighted by molar-refractivity contribution is 0.253. The van der Waals surface area contributed by atoms with Gasteiger partial charge in [0.1, 0.15) is 11.4 Å². The van der Waals surface area contributed by atoms with E-state index in [9.17, 15) is 9.18 Å². The fourth-order valence-corrected chi connectivity index (χ4v) is 3.02. The van der Waals surface area contributed by atoms with Gasteiger partial charge in [-0.2, -0.15) is 0 Å². The molecule has 0 spiro atoms. The Morgan fingerprint density at radius 2 is 1.72 bits per heavy atom. The zero-order chi connectivity index (χ0) is 18.1. The maximum atomic E-state index is 13.1. The molecule has 1 atom stereocenters. The Bertz CT molecular complexity index is 960. The van der Waals surface area contributed by atoms with Crippen LogP contribution >= 0.6 is 0 Å². The Kier molecular flexibility index (Phi) is 4.73. The zero-order valence-corrected chi connectivity index (χ0v) is 15.0. The first kappa shape index (κ1) is 17.4. The van der Waals surface area contributed by atoms with Gasteiger partial charge in [0, 0.05) is 24.0 Å². The van der Waals surface area contributed by atoms with Crippen LogP contribution in [0.15, 0.2) is 51.7 Å². The van der Waals surface area contributed by atoms with Crippen molar-refractivity contribution in [3.05, 3.63) is 81.0 Å². The van der Waals surface area contributed by atoms with Gasteiger partial charge >= 0.3 is 5.63 Å². The highest BCUT2D eigenvalue weighted by Gasteiger charge is 2.15. The molecule has 0 radical (unpaired) electrons.